The van der Waals surface area contributed by atoms with E-state index >= 15 is 0 Å². The smallest absolute Gasteiger partial charge is 0.292 e. The molecule has 0 bridgehead atoms. The van der Waals surface area contributed by atoms with Crippen LogP contribution in [-0.2, 0) is 0 Å². The van der Waals surface area contributed by atoms with Crippen LogP contribution in [-0.4, -0.2) is 30.1 Å². The molecule has 0 spiro atoms. The zero-order valence-electron chi connectivity index (χ0n) is 10.8. The highest BCUT2D eigenvalue weighted by Gasteiger charge is 2.16. The van der Waals surface area contributed by atoms with Crippen molar-refractivity contribution in [1.82, 2.24) is 0 Å². The number of methoxy groups -OCH3 is 1. The van der Waals surface area contributed by atoms with Crippen LogP contribution in [0.3, 0.4) is 0 Å². The van der Waals surface area contributed by atoms with E-state index in [1.807, 2.05) is 13.2 Å². The second kappa shape index (κ2) is 7.10. The van der Waals surface area contributed by atoms with Crippen molar-refractivity contribution < 1.29 is 9.66 Å². The maximum Gasteiger partial charge on any atom is 0.292 e. The molecule has 1 unspecified atom stereocenters. The van der Waals surface area contributed by atoms with Gasteiger partial charge in [-0.25, -0.2) is 0 Å². The lowest BCUT2D eigenvalue weighted by Gasteiger charge is -2.15. The molecule has 0 saturated carbocycles. The van der Waals surface area contributed by atoms with E-state index in [0.717, 1.165) is 12.2 Å². The average Bonchev–Trinajstić information content (AvgIpc) is 2.35. The molecular formula is C12H18N2O3S. The molecule has 0 radical (unpaired) electrons. The highest BCUT2D eigenvalue weighted by Crippen LogP contribution is 2.29. The summed E-state index contributed by atoms with van der Waals surface area (Å²) in [5.41, 5.74) is 0.583. The summed E-state index contributed by atoms with van der Waals surface area (Å²) in [6.45, 7) is 2.01. The maximum atomic E-state index is 10.9. The Labute approximate surface area is 111 Å². The first-order chi connectivity index (χ1) is 8.58. The lowest BCUT2D eigenvalue weighted by atomic mass is 10.2. The minimum atomic E-state index is -0.386. The maximum absolute atomic E-state index is 10.9. The lowest BCUT2D eigenvalue weighted by Crippen LogP contribution is -2.16. The lowest BCUT2D eigenvalue weighted by molar-refractivity contribution is -0.384. The number of rotatable bonds is 7. The van der Waals surface area contributed by atoms with Crippen LogP contribution in [0.5, 0.6) is 5.75 Å². The minimum Gasteiger partial charge on any atom is -0.497 e. The normalized spacial score (nSPS) is 11.9. The molecule has 1 atom stereocenters. The molecule has 6 heteroatoms. The van der Waals surface area contributed by atoms with Gasteiger partial charge in [0.15, 0.2) is 0 Å². The number of nitrogens with one attached hydrogen (secondary N) is 1. The summed E-state index contributed by atoms with van der Waals surface area (Å²) in [5.74, 6) is 1.63. The Hall–Kier alpha value is -1.43. The molecule has 5 nitrogen and oxygen atoms in total. The number of ether oxygens (including phenoxy) is 1. The van der Waals surface area contributed by atoms with E-state index in [9.17, 15) is 10.1 Å². The van der Waals surface area contributed by atoms with Crippen LogP contribution in [0.15, 0.2) is 18.2 Å². The van der Waals surface area contributed by atoms with Crippen LogP contribution in [0.1, 0.15) is 13.3 Å². The first-order valence-electron chi connectivity index (χ1n) is 5.66. The van der Waals surface area contributed by atoms with E-state index < -0.39 is 0 Å². The Kier molecular flexibility index (Phi) is 5.77. The number of benzene rings is 1. The van der Waals surface area contributed by atoms with E-state index in [-0.39, 0.29) is 16.7 Å². The quantitative estimate of drug-likeness (QED) is 0.609. The molecule has 0 saturated heterocycles. The number of nitro benzene ring substituents is 1. The molecule has 0 aromatic heterocycles. The Morgan fingerprint density at radius 3 is 2.83 bits per heavy atom. The van der Waals surface area contributed by atoms with E-state index in [2.05, 4.69) is 5.32 Å². The molecule has 18 heavy (non-hydrogen) atoms. The first-order valence-corrected chi connectivity index (χ1v) is 7.05. The zero-order valence-corrected chi connectivity index (χ0v) is 11.6. The van der Waals surface area contributed by atoms with Crippen molar-refractivity contribution in [2.45, 2.75) is 19.4 Å². The topological polar surface area (TPSA) is 64.4 Å². The Morgan fingerprint density at radius 2 is 2.28 bits per heavy atom. The Morgan fingerprint density at radius 1 is 1.56 bits per heavy atom. The Balaban J connectivity index is 2.86. The van der Waals surface area contributed by atoms with Crippen LogP contribution in [0.2, 0.25) is 0 Å². The molecule has 0 heterocycles. The first kappa shape index (κ1) is 14.6. The van der Waals surface area contributed by atoms with Crippen LogP contribution in [0.4, 0.5) is 11.4 Å². The molecule has 0 aliphatic rings. The summed E-state index contributed by atoms with van der Waals surface area (Å²) in [4.78, 5) is 10.6. The van der Waals surface area contributed by atoms with Crippen LogP contribution in [0, 0.1) is 10.1 Å². The summed E-state index contributed by atoms with van der Waals surface area (Å²) in [6, 6.07) is 4.90. The van der Waals surface area contributed by atoms with E-state index in [1.165, 1.54) is 6.07 Å². The van der Waals surface area contributed by atoms with Crippen molar-refractivity contribution in [3.63, 3.8) is 0 Å². The predicted molar refractivity (Wildman–Crippen MR) is 75.7 cm³/mol. The Bertz CT molecular complexity index is 412. The average molecular weight is 270 g/mol. The van der Waals surface area contributed by atoms with Crippen molar-refractivity contribution in [3.05, 3.63) is 28.3 Å². The van der Waals surface area contributed by atoms with Crippen molar-refractivity contribution in [2.24, 2.45) is 0 Å². The number of hydrogen-bond acceptors (Lipinski definition) is 5. The van der Waals surface area contributed by atoms with Gasteiger partial charge in [-0.2, -0.15) is 11.8 Å². The van der Waals surface area contributed by atoms with Crippen molar-refractivity contribution in [3.8, 4) is 5.75 Å². The van der Waals surface area contributed by atoms with Gasteiger partial charge < -0.3 is 10.1 Å². The van der Waals surface area contributed by atoms with Crippen LogP contribution >= 0.6 is 11.8 Å². The van der Waals surface area contributed by atoms with Gasteiger partial charge in [0.25, 0.3) is 5.69 Å². The highest BCUT2D eigenvalue weighted by atomic mass is 32.2. The van der Waals surface area contributed by atoms with Gasteiger partial charge in [-0.05, 0) is 31.4 Å². The monoisotopic (exact) mass is 270 g/mol. The fraction of sp³-hybridized carbons (Fsp3) is 0.500. The largest absolute Gasteiger partial charge is 0.497 e. The molecule has 1 aromatic rings. The molecule has 0 aliphatic carbocycles. The number of thioether (sulfide) groups is 1. The van der Waals surface area contributed by atoms with Gasteiger partial charge in [-0.15, -0.1) is 0 Å². The number of nitro groups is 1. The molecule has 1 rings (SSSR count). The number of anilines is 1. The third-order valence-corrected chi connectivity index (χ3v) is 3.20. The molecule has 1 N–H and O–H groups in total. The predicted octanol–water partition coefficient (Wildman–Crippen LogP) is 3.16. The van der Waals surface area contributed by atoms with Crippen molar-refractivity contribution in [2.75, 3.05) is 24.4 Å². The van der Waals surface area contributed by atoms with Crippen molar-refractivity contribution >= 4 is 23.1 Å². The number of nitrogens with zero attached hydrogens (tertiary/aromatic N) is 1. The minimum absolute atomic E-state index is 0.0757. The van der Waals surface area contributed by atoms with Crippen molar-refractivity contribution in [1.29, 1.82) is 0 Å². The van der Waals surface area contributed by atoms with Gasteiger partial charge in [-0.1, -0.05) is 0 Å². The molecule has 0 fully saturated rings. The van der Waals surface area contributed by atoms with Gasteiger partial charge >= 0.3 is 0 Å². The summed E-state index contributed by atoms with van der Waals surface area (Å²) >= 11 is 1.76. The van der Waals surface area contributed by atoms with E-state index in [4.69, 9.17) is 4.74 Å². The SMILES string of the molecule is COc1ccc([N+](=O)[O-])c(NC(C)CCSC)c1. The van der Waals surface area contributed by atoms with Gasteiger partial charge in [-0.3, -0.25) is 10.1 Å². The molecular weight excluding hydrogens is 252 g/mol. The van der Waals surface area contributed by atoms with Gasteiger partial charge in [0, 0.05) is 18.2 Å². The fourth-order valence-electron chi connectivity index (χ4n) is 1.55. The highest BCUT2D eigenvalue weighted by molar-refractivity contribution is 7.98. The van der Waals surface area contributed by atoms with Crippen LogP contribution < -0.4 is 10.1 Å². The third kappa shape index (κ3) is 4.10. The second-order valence-corrected chi connectivity index (χ2v) is 4.95. The van der Waals surface area contributed by atoms with E-state index in [1.54, 1.807) is 31.0 Å². The van der Waals surface area contributed by atoms with Gasteiger partial charge in [0.05, 0.1) is 12.0 Å². The van der Waals surface area contributed by atoms with Gasteiger partial charge in [0.2, 0.25) is 0 Å². The molecule has 0 aliphatic heterocycles. The van der Waals surface area contributed by atoms with Gasteiger partial charge in [0.1, 0.15) is 11.4 Å². The summed E-state index contributed by atoms with van der Waals surface area (Å²) in [6.07, 6.45) is 3.00. The third-order valence-electron chi connectivity index (χ3n) is 2.56. The van der Waals surface area contributed by atoms with Crippen LogP contribution in [0.25, 0.3) is 0 Å². The molecule has 0 amide bonds. The number of hydrogen-bond donors (Lipinski definition) is 1. The molecule has 100 valence electrons. The summed E-state index contributed by atoms with van der Waals surface area (Å²) in [5, 5.41) is 14.1. The summed E-state index contributed by atoms with van der Waals surface area (Å²) in [7, 11) is 1.54. The zero-order chi connectivity index (χ0) is 13.5. The second-order valence-electron chi connectivity index (χ2n) is 3.97. The standard InChI is InChI=1S/C12H18N2O3S/c1-9(6-7-18-3)13-11-8-10(17-2)4-5-12(11)14(15)16/h4-5,8-9,13H,6-7H2,1-3H3. The summed E-state index contributed by atoms with van der Waals surface area (Å²) < 4.78 is 5.09. The fourth-order valence-corrected chi connectivity index (χ4v) is 2.14. The molecule has 1 aromatic carbocycles. The van der Waals surface area contributed by atoms with E-state index in [0.29, 0.717) is 11.4 Å².